The number of hydrogen-bond donors (Lipinski definition) is 8. The molecule has 5 aromatic carbocycles. The number of methoxy groups -OCH3 is 1. The topological polar surface area (TPSA) is 305 Å². The van der Waals surface area contributed by atoms with Crippen LogP contribution in [0.25, 0.3) is 0 Å². The van der Waals surface area contributed by atoms with Gasteiger partial charge in [-0.05, 0) is 91.3 Å². The summed E-state index contributed by atoms with van der Waals surface area (Å²) in [6.07, 6.45) is 0. The van der Waals surface area contributed by atoms with Crippen molar-refractivity contribution in [2.75, 3.05) is 12.4 Å². The molecule has 5 aromatic rings. The Labute approximate surface area is 458 Å². The summed E-state index contributed by atoms with van der Waals surface area (Å²) in [6.45, 7) is 1.62. The Hall–Kier alpha value is -2.71. The minimum Gasteiger partial charge on any atom is -0.507 e. The molecule has 0 aliphatic carbocycles. The Kier molecular flexibility index (Phi) is 25.0. The van der Waals surface area contributed by atoms with Crippen LogP contribution in [0.15, 0.2) is 126 Å². The number of amidine groups is 1. The number of aliphatic hydroxyl groups excluding tert-OH is 2. The average Bonchev–Trinajstić information content (AvgIpc) is 3.14. The number of anilines is 1. The number of hydrogen-bond acceptors (Lipinski definition) is 13. The number of nitrogens with one attached hydrogen (secondary N) is 1. The van der Waals surface area contributed by atoms with Crippen molar-refractivity contribution >= 4 is 222 Å². The first-order chi connectivity index (χ1) is 26.5. The Morgan fingerprint density at radius 2 is 1.23 bits per heavy atom. The monoisotopic (exact) mass is 898 g/mol. The third-order valence-corrected chi connectivity index (χ3v) is 8.39. The quantitative estimate of drug-likeness (QED) is 0.0225. The first-order valence-corrected chi connectivity index (χ1v) is 17.2. The van der Waals surface area contributed by atoms with E-state index in [-0.39, 0.29) is 193 Å². The van der Waals surface area contributed by atoms with Crippen molar-refractivity contribution in [3.8, 4) is 17.2 Å². The van der Waals surface area contributed by atoms with Crippen molar-refractivity contribution in [2.45, 2.75) is 11.8 Å². The number of phenols is 2. The fraction of sp³-hybridized carbons (Fsp3) is 0.0556. The largest absolute Gasteiger partial charge is 0.507 e. The van der Waals surface area contributed by atoms with Crippen LogP contribution < -0.4 is 10.1 Å². The van der Waals surface area contributed by atoms with Crippen molar-refractivity contribution < 1.29 is 57.9 Å². The first-order valence-electron chi connectivity index (χ1n) is 15.7. The molecule has 0 fully saturated rings. The molecule has 0 spiro atoms. The Balaban J connectivity index is 0.00000720. The number of carboxylic acid groups (broad SMARTS) is 2. The van der Waals surface area contributed by atoms with E-state index in [1.165, 1.54) is 43.5 Å². The number of nitrogens with zero attached hydrogens (tertiary/aromatic N) is 6. The molecule has 291 valence electrons. The zero-order valence-electron chi connectivity index (χ0n) is 33.9. The van der Waals surface area contributed by atoms with E-state index in [4.69, 9.17) is 9.84 Å². The van der Waals surface area contributed by atoms with E-state index in [0.717, 1.165) is 12.1 Å². The van der Waals surface area contributed by atoms with Crippen molar-refractivity contribution in [1.29, 1.82) is 0 Å². The summed E-state index contributed by atoms with van der Waals surface area (Å²) in [5, 5.41) is 78.2. The fourth-order valence-corrected chi connectivity index (χ4v) is 5.42. The zero-order chi connectivity index (χ0) is 40.7. The molecule has 0 saturated carbocycles. The average molecular weight is 899 g/mol. The summed E-state index contributed by atoms with van der Waals surface area (Å²) in [6, 6.07) is 20.2. The number of rotatable bonds is 12. The van der Waals surface area contributed by atoms with Gasteiger partial charge in [-0.2, -0.15) is 33.9 Å². The predicted octanol–water partition coefficient (Wildman–Crippen LogP) is 6.28. The molecule has 25 heteroatoms. The van der Waals surface area contributed by atoms with Crippen LogP contribution in [-0.2, 0) is 10.1 Å². The van der Waals surface area contributed by atoms with Gasteiger partial charge in [0, 0.05) is 165 Å². The van der Waals surface area contributed by atoms with Gasteiger partial charge in [0.25, 0.3) is 16.1 Å². The molecule has 8 N–H and O–H groups in total. The maximum atomic E-state index is 11.7. The second-order valence-corrected chi connectivity index (χ2v) is 12.8. The van der Waals surface area contributed by atoms with Gasteiger partial charge in [0.15, 0.2) is 5.75 Å². The Bertz CT molecular complexity index is 2620. The van der Waals surface area contributed by atoms with Crippen LogP contribution in [0.1, 0.15) is 31.8 Å². The number of carbonyl (C=O) groups is 2. The number of azo groups is 2. The second kappa shape index (κ2) is 26.2. The van der Waals surface area contributed by atoms with Crippen molar-refractivity contribution in [2.24, 2.45) is 30.4 Å². The summed E-state index contributed by atoms with van der Waals surface area (Å²) in [5.74, 6) is -4.86. The number of benzene rings is 5. The van der Waals surface area contributed by atoms with Gasteiger partial charge >= 0.3 is 11.9 Å². The molecule has 0 atom stereocenters. The van der Waals surface area contributed by atoms with Crippen molar-refractivity contribution in [3.05, 3.63) is 113 Å². The Morgan fingerprint density at radius 3 is 1.84 bits per heavy atom. The van der Waals surface area contributed by atoms with Crippen LogP contribution in [-0.4, -0.2) is 222 Å². The summed E-state index contributed by atoms with van der Waals surface area (Å²) in [7, 11) is -3.68. The molecule has 61 heavy (non-hydrogen) atoms. The second-order valence-electron chi connectivity index (χ2n) is 11.4. The molecular weight excluding hydrogens is 869 g/mol. The van der Waals surface area contributed by atoms with Crippen LogP contribution >= 0.6 is 0 Å². The van der Waals surface area contributed by atoms with Crippen molar-refractivity contribution in [3.63, 3.8) is 0 Å². The smallest absolute Gasteiger partial charge is 0.339 e. The molecule has 0 saturated heterocycles. The van der Waals surface area contributed by atoms with Crippen LogP contribution in [0.5, 0.6) is 17.2 Å². The normalized spacial score (nSPS) is 11.3. The molecule has 0 amide bonds. The third kappa shape index (κ3) is 16.1. The Morgan fingerprint density at radius 1 is 0.639 bits per heavy atom. The van der Waals surface area contributed by atoms with Gasteiger partial charge in [-0.25, -0.2) is 14.6 Å². The van der Waals surface area contributed by atoms with Gasteiger partial charge in [-0.15, -0.1) is 0 Å². The van der Waals surface area contributed by atoms with E-state index in [0.29, 0.717) is 16.9 Å². The number of aliphatic hydroxyl groups is 2. The van der Waals surface area contributed by atoms with Crippen LogP contribution in [0.4, 0.5) is 39.8 Å². The van der Waals surface area contributed by atoms with Gasteiger partial charge in [-0.3, -0.25) is 4.55 Å². The molecule has 0 bridgehead atoms. The van der Waals surface area contributed by atoms with Crippen molar-refractivity contribution in [1.82, 2.24) is 0 Å². The number of aliphatic imine (C=N–C) groups is 2. The molecular formula is C36H29N7Na5O12S. The van der Waals surface area contributed by atoms with E-state index in [1.807, 2.05) is 0 Å². The maximum absolute atomic E-state index is 11.7. The minimum absolute atomic E-state index is 0. The number of aromatic carboxylic acids is 2. The number of ether oxygens (including phenoxy) is 1. The standard InChI is InChI=1S/C36H29N7O12S.5Na/c1-18-12-28(30(55-2)17-27(18)43-42-24-15-26(35(49)50)32(45)31(16-24)56(52,53)54)39-33(46)19-4-3-5-22(13-19)38-36(51)37-20-6-8-21(9-7-20)40-41-23-10-11-29(44)25(14-23)34(47)48;;;;;/h3-17,44-45H,1-2H3,(H,39,46)(H,47,48)(H,49,50)(H2,37,38,51)(H,52,53,54);;;;;. The van der Waals surface area contributed by atoms with E-state index in [9.17, 15) is 48.1 Å². The van der Waals surface area contributed by atoms with Gasteiger partial charge in [0.1, 0.15) is 33.2 Å². The summed E-state index contributed by atoms with van der Waals surface area (Å²) < 4.78 is 38.2. The summed E-state index contributed by atoms with van der Waals surface area (Å²) in [4.78, 5) is 30.0. The molecule has 0 aliphatic heterocycles. The van der Waals surface area contributed by atoms with Crippen LogP contribution in [0, 0.1) is 6.92 Å². The molecule has 19 nitrogen and oxygen atoms in total. The van der Waals surface area contributed by atoms with Gasteiger partial charge in [0.2, 0.25) is 5.90 Å². The van der Waals surface area contributed by atoms with Gasteiger partial charge < -0.3 is 40.7 Å². The van der Waals surface area contributed by atoms with E-state index < -0.39 is 55.9 Å². The number of carboxylic acids is 2. The van der Waals surface area contributed by atoms with E-state index >= 15 is 0 Å². The minimum atomic E-state index is -5.01. The zero-order valence-corrected chi connectivity index (χ0v) is 44.7. The molecule has 0 aromatic heterocycles. The van der Waals surface area contributed by atoms with Gasteiger partial charge in [-0.1, -0.05) is 6.07 Å². The molecule has 0 unspecified atom stereocenters. The van der Waals surface area contributed by atoms with E-state index in [2.05, 4.69) is 35.8 Å². The SMILES string of the molecule is COc1cc(N=Nc2cc(C(=O)O)c(O)c(S(=O)(=O)O)c2)c(C)cc1N=C(O)c1cccc(N=C(O)Nc2ccc(N=Nc3ccc(O)c(C(=O)O)c3)cc2)c1.[Na].[Na].[Na].[Na].[Na]. The third-order valence-electron chi connectivity index (χ3n) is 7.52. The van der Waals surface area contributed by atoms with Crippen LogP contribution in [0.2, 0.25) is 0 Å². The fourth-order valence-electron chi connectivity index (χ4n) is 4.80. The maximum Gasteiger partial charge on any atom is 0.339 e. The number of aryl methyl sites for hydroxylation is 1. The summed E-state index contributed by atoms with van der Waals surface area (Å²) in [5.41, 5.74) is 0.871. The predicted molar refractivity (Wildman–Crippen MR) is 230 cm³/mol. The number of aromatic hydroxyl groups is 2. The van der Waals surface area contributed by atoms with Crippen LogP contribution in [0.3, 0.4) is 0 Å². The molecule has 0 aliphatic rings. The summed E-state index contributed by atoms with van der Waals surface area (Å²) >= 11 is 0. The first kappa shape index (κ1) is 58.3. The molecule has 5 radical (unpaired) electrons. The van der Waals surface area contributed by atoms with E-state index in [1.54, 1.807) is 49.4 Å². The van der Waals surface area contributed by atoms with Gasteiger partial charge in [0.05, 0.1) is 35.5 Å². The molecule has 0 heterocycles. The molecule has 5 rings (SSSR count).